The van der Waals surface area contributed by atoms with Gasteiger partial charge in [-0.05, 0) is 38.1 Å². The molecule has 76 valence electrons. The second-order valence-electron chi connectivity index (χ2n) is 3.78. The minimum atomic E-state index is -0.222. The van der Waals surface area contributed by atoms with Crippen LogP contribution in [0.2, 0.25) is 0 Å². The van der Waals surface area contributed by atoms with Crippen molar-refractivity contribution in [3.63, 3.8) is 0 Å². The highest BCUT2D eigenvalue weighted by Gasteiger charge is 2.24. The zero-order valence-electron chi connectivity index (χ0n) is 8.16. The summed E-state index contributed by atoms with van der Waals surface area (Å²) in [5, 5.41) is 0. The average molecular weight is 195 g/mol. The summed E-state index contributed by atoms with van der Waals surface area (Å²) < 4.78 is 18.6. The van der Waals surface area contributed by atoms with Gasteiger partial charge in [-0.2, -0.15) is 0 Å². The number of hydrogen-bond donors (Lipinski definition) is 1. The summed E-state index contributed by atoms with van der Waals surface area (Å²) in [6, 6.07) is 4.63. The van der Waals surface area contributed by atoms with Crippen LogP contribution >= 0.6 is 0 Å². The molecular formula is C11H14FNO. The first kappa shape index (κ1) is 9.46. The SMILES string of the molecule is CC1CC(CN)c2cc(F)ccc2O1. The summed E-state index contributed by atoms with van der Waals surface area (Å²) in [5.74, 6) is 0.783. The van der Waals surface area contributed by atoms with Gasteiger partial charge in [0.2, 0.25) is 0 Å². The lowest BCUT2D eigenvalue weighted by atomic mass is 9.90. The summed E-state index contributed by atoms with van der Waals surface area (Å²) in [4.78, 5) is 0. The highest BCUT2D eigenvalue weighted by Crippen LogP contribution is 2.35. The second kappa shape index (κ2) is 3.58. The topological polar surface area (TPSA) is 35.2 Å². The average Bonchev–Trinajstić information content (AvgIpc) is 2.17. The van der Waals surface area contributed by atoms with E-state index >= 15 is 0 Å². The molecule has 0 bridgehead atoms. The van der Waals surface area contributed by atoms with Crippen molar-refractivity contribution in [1.29, 1.82) is 0 Å². The molecule has 0 spiro atoms. The third kappa shape index (κ3) is 1.60. The maximum absolute atomic E-state index is 13.0. The Bertz CT molecular complexity index is 340. The van der Waals surface area contributed by atoms with Gasteiger partial charge in [0.05, 0.1) is 6.10 Å². The number of fused-ring (bicyclic) bond motifs is 1. The number of halogens is 1. The lowest BCUT2D eigenvalue weighted by Crippen LogP contribution is -2.27. The maximum atomic E-state index is 13.0. The third-order valence-electron chi connectivity index (χ3n) is 2.64. The fourth-order valence-corrected chi connectivity index (χ4v) is 1.96. The van der Waals surface area contributed by atoms with Crippen molar-refractivity contribution in [1.82, 2.24) is 0 Å². The Kier molecular flexibility index (Phi) is 2.42. The summed E-state index contributed by atoms with van der Waals surface area (Å²) >= 11 is 0. The Morgan fingerprint density at radius 1 is 1.57 bits per heavy atom. The molecule has 2 rings (SSSR count). The van der Waals surface area contributed by atoms with Crippen LogP contribution in [0.15, 0.2) is 18.2 Å². The summed E-state index contributed by atoms with van der Waals surface area (Å²) in [7, 11) is 0. The van der Waals surface area contributed by atoms with Crippen LogP contribution in [-0.4, -0.2) is 12.6 Å². The molecule has 2 N–H and O–H groups in total. The lowest BCUT2D eigenvalue weighted by molar-refractivity contribution is 0.176. The molecule has 1 aliphatic heterocycles. The number of ether oxygens (including phenoxy) is 1. The molecule has 0 fully saturated rings. The van der Waals surface area contributed by atoms with Crippen molar-refractivity contribution in [2.45, 2.75) is 25.4 Å². The molecule has 3 heteroatoms. The van der Waals surface area contributed by atoms with E-state index in [1.165, 1.54) is 12.1 Å². The van der Waals surface area contributed by atoms with Gasteiger partial charge in [0.15, 0.2) is 0 Å². The minimum absolute atomic E-state index is 0.168. The monoisotopic (exact) mass is 195 g/mol. The predicted octanol–water partition coefficient (Wildman–Crippen LogP) is 2.04. The molecule has 2 nitrogen and oxygen atoms in total. The molecule has 1 aliphatic rings. The van der Waals surface area contributed by atoms with Crippen LogP contribution in [0.25, 0.3) is 0 Å². The Hall–Kier alpha value is -1.09. The van der Waals surface area contributed by atoms with Gasteiger partial charge in [0.25, 0.3) is 0 Å². The highest BCUT2D eigenvalue weighted by molar-refractivity contribution is 5.38. The fraction of sp³-hybridized carbons (Fsp3) is 0.455. The molecule has 1 aromatic carbocycles. The molecular weight excluding hydrogens is 181 g/mol. The molecule has 0 radical (unpaired) electrons. The Labute approximate surface area is 82.9 Å². The predicted molar refractivity (Wildman–Crippen MR) is 52.9 cm³/mol. The number of benzene rings is 1. The highest BCUT2D eigenvalue weighted by atomic mass is 19.1. The number of hydrogen-bond acceptors (Lipinski definition) is 2. The maximum Gasteiger partial charge on any atom is 0.123 e. The van der Waals surface area contributed by atoms with Crippen molar-refractivity contribution < 1.29 is 9.13 Å². The summed E-state index contributed by atoms with van der Waals surface area (Å²) in [6.07, 6.45) is 1.04. The van der Waals surface area contributed by atoms with Gasteiger partial charge in [0.1, 0.15) is 11.6 Å². The molecule has 0 amide bonds. The molecule has 1 aromatic rings. The second-order valence-corrected chi connectivity index (χ2v) is 3.78. The van der Waals surface area contributed by atoms with Crippen molar-refractivity contribution in [2.75, 3.05) is 6.54 Å². The van der Waals surface area contributed by atoms with Crippen LogP contribution in [0.1, 0.15) is 24.8 Å². The lowest BCUT2D eigenvalue weighted by Gasteiger charge is -2.29. The van der Waals surface area contributed by atoms with E-state index in [1.54, 1.807) is 6.07 Å². The van der Waals surface area contributed by atoms with Gasteiger partial charge in [-0.25, -0.2) is 4.39 Å². The first-order valence-electron chi connectivity index (χ1n) is 4.87. The fourth-order valence-electron chi connectivity index (χ4n) is 1.96. The quantitative estimate of drug-likeness (QED) is 0.744. The zero-order valence-corrected chi connectivity index (χ0v) is 8.16. The van der Waals surface area contributed by atoms with E-state index in [0.29, 0.717) is 6.54 Å². The molecule has 1 heterocycles. The van der Waals surface area contributed by atoms with Gasteiger partial charge in [0, 0.05) is 11.5 Å². The van der Waals surface area contributed by atoms with E-state index in [1.807, 2.05) is 6.92 Å². The standard InChI is InChI=1S/C11H14FNO/c1-7-4-8(6-13)10-5-9(12)2-3-11(10)14-7/h2-3,5,7-8H,4,6,13H2,1H3. The molecule has 2 unspecified atom stereocenters. The van der Waals surface area contributed by atoms with Gasteiger partial charge in [-0.15, -0.1) is 0 Å². The summed E-state index contributed by atoms with van der Waals surface area (Å²) in [6.45, 7) is 2.55. The van der Waals surface area contributed by atoms with Crippen molar-refractivity contribution >= 4 is 0 Å². The normalized spacial score (nSPS) is 25.4. The van der Waals surface area contributed by atoms with Crippen LogP contribution < -0.4 is 10.5 Å². The van der Waals surface area contributed by atoms with E-state index < -0.39 is 0 Å². The van der Waals surface area contributed by atoms with Crippen LogP contribution in [0.4, 0.5) is 4.39 Å². The molecule has 2 atom stereocenters. The number of nitrogens with two attached hydrogens (primary N) is 1. The van der Waals surface area contributed by atoms with Gasteiger partial charge in [-0.1, -0.05) is 0 Å². The largest absolute Gasteiger partial charge is 0.490 e. The van der Waals surface area contributed by atoms with Crippen molar-refractivity contribution in [2.24, 2.45) is 5.73 Å². The molecule has 0 saturated heterocycles. The van der Waals surface area contributed by atoms with Crippen LogP contribution in [0.3, 0.4) is 0 Å². The summed E-state index contributed by atoms with van der Waals surface area (Å²) in [5.41, 5.74) is 6.56. The van der Waals surface area contributed by atoms with Crippen LogP contribution in [-0.2, 0) is 0 Å². The Morgan fingerprint density at radius 2 is 2.36 bits per heavy atom. The third-order valence-corrected chi connectivity index (χ3v) is 2.64. The van der Waals surface area contributed by atoms with E-state index in [0.717, 1.165) is 17.7 Å². The molecule has 0 saturated carbocycles. The van der Waals surface area contributed by atoms with Crippen LogP contribution in [0.5, 0.6) is 5.75 Å². The molecule has 0 aromatic heterocycles. The molecule has 14 heavy (non-hydrogen) atoms. The van der Waals surface area contributed by atoms with Gasteiger partial charge in [-0.3, -0.25) is 0 Å². The van der Waals surface area contributed by atoms with Crippen molar-refractivity contribution in [3.8, 4) is 5.75 Å². The minimum Gasteiger partial charge on any atom is -0.490 e. The van der Waals surface area contributed by atoms with E-state index in [-0.39, 0.29) is 17.8 Å². The Balaban J connectivity index is 2.41. The van der Waals surface area contributed by atoms with Gasteiger partial charge >= 0.3 is 0 Å². The van der Waals surface area contributed by atoms with Crippen LogP contribution in [0, 0.1) is 5.82 Å². The smallest absolute Gasteiger partial charge is 0.123 e. The van der Waals surface area contributed by atoms with Gasteiger partial charge < -0.3 is 10.5 Å². The van der Waals surface area contributed by atoms with E-state index in [9.17, 15) is 4.39 Å². The first-order chi connectivity index (χ1) is 6.70. The van der Waals surface area contributed by atoms with Crippen molar-refractivity contribution in [3.05, 3.63) is 29.6 Å². The van der Waals surface area contributed by atoms with E-state index in [2.05, 4.69) is 0 Å². The van der Waals surface area contributed by atoms with E-state index in [4.69, 9.17) is 10.5 Å². The number of rotatable bonds is 1. The molecule has 0 aliphatic carbocycles. The first-order valence-corrected chi connectivity index (χ1v) is 4.87. The Morgan fingerprint density at radius 3 is 3.07 bits per heavy atom. The zero-order chi connectivity index (χ0) is 10.1.